The summed E-state index contributed by atoms with van der Waals surface area (Å²) in [5.41, 5.74) is 2.34. The molecule has 0 unspecified atom stereocenters. The Morgan fingerprint density at radius 2 is 2.06 bits per heavy atom. The topological polar surface area (TPSA) is 42.8 Å². The van der Waals surface area contributed by atoms with Crippen LogP contribution >= 0.6 is 15.9 Å². The second-order valence-corrected chi connectivity index (χ2v) is 5.16. The number of halogens is 1. The molecule has 0 aliphatic carbocycles. The molecule has 1 fully saturated rings. The van der Waals surface area contributed by atoms with E-state index in [1.165, 1.54) is 11.1 Å². The van der Waals surface area contributed by atoms with Crippen LogP contribution in [-0.4, -0.2) is 23.3 Å². The molecule has 1 aromatic carbocycles. The summed E-state index contributed by atoms with van der Waals surface area (Å²) in [6.07, 6.45) is 2.27. The first-order valence-corrected chi connectivity index (χ1v) is 6.40. The molecule has 3 rings (SSSR count). The second-order valence-electron chi connectivity index (χ2n) is 4.24. The lowest BCUT2D eigenvalue weighted by molar-refractivity contribution is 0.448. The molecule has 1 aliphatic heterocycles. The Hall–Kier alpha value is -0.870. The molecule has 1 saturated heterocycles. The van der Waals surface area contributed by atoms with Gasteiger partial charge in [0.15, 0.2) is 0 Å². The highest BCUT2D eigenvalue weighted by Crippen LogP contribution is 2.30. The predicted octanol–water partition coefficient (Wildman–Crippen LogP) is 2.81. The van der Waals surface area contributed by atoms with Crippen LogP contribution in [0.15, 0.2) is 22.7 Å². The van der Waals surface area contributed by atoms with Crippen LogP contribution in [0.1, 0.15) is 24.5 Å². The fourth-order valence-electron chi connectivity index (χ4n) is 2.35. The Bertz CT molecular complexity index is 500. The van der Waals surface area contributed by atoms with E-state index in [-0.39, 0.29) is 0 Å². The van der Waals surface area contributed by atoms with Crippen LogP contribution in [0.5, 0.6) is 0 Å². The molecule has 83 valence electrons. The van der Waals surface area contributed by atoms with Crippen molar-refractivity contribution in [1.29, 1.82) is 0 Å². The largest absolute Gasteiger partial charge is 0.278 e. The molecule has 0 amide bonds. The standard InChI is InChI=1S/C12H13BrN3/c13-9-1-2-10-11(7-9)15-16-12(10)8-3-5-14-6-4-8/h1-2,7-8H,3-6H2,(H,15,16). The number of fused-ring (bicyclic) bond motifs is 1. The quantitative estimate of drug-likeness (QED) is 0.857. The lowest BCUT2D eigenvalue weighted by atomic mass is 9.93. The van der Waals surface area contributed by atoms with E-state index in [1.54, 1.807) is 0 Å². The van der Waals surface area contributed by atoms with E-state index in [0.29, 0.717) is 5.92 Å². The Balaban J connectivity index is 2.03. The van der Waals surface area contributed by atoms with Crippen molar-refractivity contribution in [2.24, 2.45) is 0 Å². The fourth-order valence-corrected chi connectivity index (χ4v) is 2.71. The minimum atomic E-state index is 0.576. The van der Waals surface area contributed by atoms with Gasteiger partial charge in [-0.05, 0) is 31.0 Å². The molecule has 2 heterocycles. The predicted molar refractivity (Wildman–Crippen MR) is 67.6 cm³/mol. The van der Waals surface area contributed by atoms with Crippen LogP contribution in [0, 0.1) is 0 Å². The number of H-pyrrole nitrogens is 1. The number of aromatic amines is 1. The van der Waals surface area contributed by atoms with Crippen molar-refractivity contribution in [3.63, 3.8) is 0 Å². The third-order valence-corrected chi connectivity index (χ3v) is 3.71. The second kappa shape index (κ2) is 4.18. The number of nitrogens with one attached hydrogen (secondary N) is 1. The summed E-state index contributed by atoms with van der Waals surface area (Å²) in [7, 11) is 0. The van der Waals surface area contributed by atoms with Gasteiger partial charge in [-0.25, -0.2) is 5.32 Å². The number of benzene rings is 1. The molecule has 0 saturated carbocycles. The highest BCUT2D eigenvalue weighted by Gasteiger charge is 2.20. The van der Waals surface area contributed by atoms with Crippen LogP contribution < -0.4 is 5.32 Å². The van der Waals surface area contributed by atoms with Crippen molar-refractivity contribution < 1.29 is 0 Å². The maximum absolute atomic E-state index is 4.47. The SMILES string of the molecule is Brc1ccc2c(C3CC[N]CC3)n[nH]c2c1. The maximum Gasteiger partial charge on any atom is 0.0732 e. The molecule has 16 heavy (non-hydrogen) atoms. The Morgan fingerprint density at radius 3 is 2.88 bits per heavy atom. The van der Waals surface area contributed by atoms with E-state index in [0.717, 1.165) is 35.9 Å². The fraction of sp³-hybridized carbons (Fsp3) is 0.417. The minimum Gasteiger partial charge on any atom is -0.278 e. The highest BCUT2D eigenvalue weighted by atomic mass is 79.9. The van der Waals surface area contributed by atoms with E-state index in [1.807, 2.05) is 0 Å². The molecule has 4 heteroatoms. The molecule has 0 bridgehead atoms. The van der Waals surface area contributed by atoms with Crippen molar-refractivity contribution in [3.05, 3.63) is 28.4 Å². The number of aromatic nitrogens is 2. The van der Waals surface area contributed by atoms with Crippen molar-refractivity contribution in [1.82, 2.24) is 15.5 Å². The monoisotopic (exact) mass is 278 g/mol. The van der Waals surface area contributed by atoms with Crippen LogP contribution in [-0.2, 0) is 0 Å². The van der Waals surface area contributed by atoms with E-state index in [4.69, 9.17) is 0 Å². The Labute approximate surface area is 103 Å². The minimum absolute atomic E-state index is 0.576. The van der Waals surface area contributed by atoms with E-state index < -0.39 is 0 Å². The summed E-state index contributed by atoms with van der Waals surface area (Å²) in [4.78, 5) is 0. The number of piperidine rings is 1. The summed E-state index contributed by atoms with van der Waals surface area (Å²) in [6.45, 7) is 1.96. The van der Waals surface area contributed by atoms with Gasteiger partial charge in [-0.1, -0.05) is 15.9 Å². The van der Waals surface area contributed by atoms with E-state index in [2.05, 4.69) is 49.6 Å². The molecule has 0 atom stereocenters. The normalized spacial score (nSPS) is 18.1. The first-order chi connectivity index (χ1) is 7.84. The van der Waals surface area contributed by atoms with Gasteiger partial charge in [-0.15, -0.1) is 0 Å². The molecule has 1 aliphatic rings. The molecular weight excluding hydrogens is 266 g/mol. The first-order valence-electron chi connectivity index (χ1n) is 5.61. The van der Waals surface area contributed by atoms with Crippen LogP contribution in [0.4, 0.5) is 0 Å². The van der Waals surface area contributed by atoms with Gasteiger partial charge in [0.25, 0.3) is 0 Å². The van der Waals surface area contributed by atoms with Crippen LogP contribution in [0.25, 0.3) is 10.9 Å². The zero-order valence-corrected chi connectivity index (χ0v) is 10.5. The zero-order valence-electron chi connectivity index (χ0n) is 8.91. The Kier molecular flexibility index (Phi) is 2.69. The number of rotatable bonds is 1. The summed E-state index contributed by atoms with van der Waals surface area (Å²) in [5.74, 6) is 0.576. The van der Waals surface area contributed by atoms with Gasteiger partial charge in [0.1, 0.15) is 0 Å². The molecule has 1 radical (unpaired) electrons. The average molecular weight is 279 g/mol. The third-order valence-electron chi connectivity index (χ3n) is 3.21. The van der Waals surface area contributed by atoms with Gasteiger partial charge in [0.2, 0.25) is 0 Å². The van der Waals surface area contributed by atoms with Gasteiger partial charge >= 0.3 is 0 Å². The summed E-state index contributed by atoms with van der Waals surface area (Å²) in [6, 6.07) is 6.30. The van der Waals surface area contributed by atoms with Gasteiger partial charge < -0.3 is 0 Å². The smallest absolute Gasteiger partial charge is 0.0732 e. The summed E-state index contributed by atoms with van der Waals surface area (Å²) in [5, 5.41) is 13.2. The highest BCUT2D eigenvalue weighted by molar-refractivity contribution is 9.10. The van der Waals surface area contributed by atoms with Crippen LogP contribution in [0.3, 0.4) is 0 Å². The molecule has 1 aromatic heterocycles. The number of hydrogen-bond acceptors (Lipinski definition) is 1. The number of nitrogens with zero attached hydrogens (tertiary/aromatic N) is 2. The van der Waals surface area contributed by atoms with Gasteiger partial charge in [-0.3, -0.25) is 5.10 Å². The van der Waals surface area contributed by atoms with Crippen LogP contribution in [0.2, 0.25) is 0 Å². The van der Waals surface area contributed by atoms with E-state index in [9.17, 15) is 0 Å². The van der Waals surface area contributed by atoms with Gasteiger partial charge in [0.05, 0.1) is 11.2 Å². The summed E-state index contributed by atoms with van der Waals surface area (Å²) >= 11 is 3.47. The van der Waals surface area contributed by atoms with Gasteiger partial charge in [0, 0.05) is 28.9 Å². The third kappa shape index (κ3) is 1.76. The lowest BCUT2D eigenvalue weighted by Crippen LogP contribution is -2.21. The van der Waals surface area contributed by atoms with Crippen molar-refractivity contribution in [2.75, 3.05) is 13.1 Å². The van der Waals surface area contributed by atoms with E-state index >= 15 is 0 Å². The number of hydrogen-bond donors (Lipinski definition) is 1. The van der Waals surface area contributed by atoms with Crippen molar-refractivity contribution in [3.8, 4) is 0 Å². The van der Waals surface area contributed by atoms with Crippen molar-refractivity contribution >= 4 is 26.8 Å². The molecule has 3 nitrogen and oxygen atoms in total. The summed E-state index contributed by atoms with van der Waals surface area (Å²) < 4.78 is 1.09. The molecule has 0 spiro atoms. The van der Waals surface area contributed by atoms with Gasteiger partial charge in [-0.2, -0.15) is 5.10 Å². The molecular formula is C12H13BrN3. The lowest BCUT2D eigenvalue weighted by Gasteiger charge is -2.19. The first kappa shape index (κ1) is 10.3. The molecule has 2 aromatic rings. The maximum atomic E-state index is 4.47. The zero-order chi connectivity index (χ0) is 11.0. The van der Waals surface area contributed by atoms with Crippen molar-refractivity contribution in [2.45, 2.75) is 18.8 Å². The average Bonchev–Trinajstić information content (AvgIpc) is 2.73. The Morgan fingerprint density at radius 1 is 1.25 bits per heavy atom. The molecule has 1 N–H and O–H groups in total.